The maximum atomic E-state index is 13.9. The summed E-state index contributed by atoms with van der Waals surface area (Å²) >= 11 is 0.874. The molecular formula is C33H33FN4O5S. The topological polar surface area (TPSA) is 131 Å². The van der Waals surface area contributed by atoms with Gasteiger partial charge in [0.15, 0.2) is 5.60 Å². The van der Waals surface area contributed by atoms with Gasteiger partial charge < -0.3 is 14.3 Å². The number of carbonyl (C=O) groups excluding carboxylic acids is 2. The lowest BCUT2D eigenvalue weighted by molar-refractivity contribution is -0.175. The molecule has 0 bridgehead atoms. The number of furan rings is 1. The van der Waals surface area contributed by atoms with E-state index in [-0.39, 0.29) is 39.8 Å². The van der Waals surface area contributed by atoms with Crippen molar-refractivity contribution in [2.24, 2.45) is 28.6 Å². The van der Waals surface area contributed by atoms with Crippen LogP contribution in [0.15, 0.2) is 52.9 Å². The van der Waals surface area contributed by atoms with Crippen LogP contribution >= 0.6 is 11.8 Å². The van der Waals surface area contributed by atoms with Gasteiger partial charge in [-0.15, -0.1) is 0 Å². The number of hydrogen-bond acceptors (Lipinski definition) is 9. The molecule has 4 aliphatic carbocycles. The molecular weight excluding hydrogens is 583 g/mol. The molecule has 0 spiro atoms. The zero-order valence-corrected chi connectivity index (χ0v) is 25.3. The van der Waals surface area contributed by atoms with Crippen LogP contribution in [0.25, 0.3) is 11.8 Å². The van der Waals surface area contributed by atoms with Gasteiger partial charge in [-0.1, -0.05) is 31.2 Å². The highest BCUT2D eigenvalue weighted by atomic mass is 32.2. The number of allylic oxidation sites excluding steroid dienone is 1. The zero-order chi connectivity index (χ0) is 30.9. The quantitative estimate of drug-likeness (QED) is 0.290. The third-order valence-corrected chi connectivity index (χ3v) is 12.0. The molecule has 9 nitrogen and oxygen atoms in total. The van der Waals surface area contributed by atoms with E-state index >= 15 is 0 Å². The van der Waals surface area contributed by atoms with Crippen molar-refractivity contribution in [3.8, 4) is 11.8 Å². The Morgan fingerprint density at radius 1 is 1.27 bits per heavy atom. The average Bonchev–Trinajstić information content (AvgIpc) is 3.73. The number of esters is 1. The summed E-state index contributed by atoms with van der Waals surface area (Å²) in [5.41, 5.74) is 1.28. The van der Waals surface area contributed by atoms with E-state index in [4.69, 9.17) is 9.15 Å². The van der Waals surface area contributed by atoms with E-state index < -0.39 is 29.0 Å². The number of fused-ring (bicyclic) bond motifs is 6. The van der Waals surface area contributed by atoms with Gasteiger partial charge in [0.25, 0.3) is 0 Å². The largest absolute Gasteiger partial charge is 0.457 e. The summed E-state index contributed by atoms with van der Waals surface area (Å²) in [7, 11) is 0. The number of thioether (sulfide) groups is 1. The van der Waals surface area contributed by atoms with Crippen molar-refractivity contribution < 1.29 is 28.2 Å². The monoisotopic (exact) mass is 616 g/mol. The molecule has 0 radical (unpaired) electrons. The molecule has 44 heavy (non-hydrogen) atoms. The molecule has 3 fully saturated rings. The SMILES string of the molecule is C[C@]12Cc3cnn(-c4ccc(F)nc4)c3C=C1CC[C@@H]1[C@@H]2[C@@H](O)C[C@@]2(C)[C@H]1CC[C@]2(OC(=O)c1ccco1)C(=O)SCC#N. The Labute approximate surface area is 258 Å². The number of nitrogens with zero attached hydrogens (tertiary/aromatic N) is 4. The van der Waals surface area contributed by atoms with E-state index in [9.17, 15) is 24.3 Å². The first kappa shape index (κ1) is 29.0. The minimum Gasteiger partial charge on any atom is -0.457 e. The number of aliphatic hydroxyl groups excluding tert-OH is 1. The second-order valence-electron chi connectivity index (χ2n) is 13.1. The van der Waals surface area contributed by atoms with Crippen LogP contribution in [0.1, 0.15) is 67.8 Å². The first-order valence-electron chi connectivity index (χ1n) is 15.0. The standard InChI is InChI=1S/C33H33FN4O5S/c1-31-15-19-17-37-38(21-6-8-27(34)36-18-21)24(19)14-20(31)5-7-22-23-9-10-33(30(41)44-13-11-35,32(23,2)16-25(39)28(22)31)43-29(40)26-4-3-12-42-26/h3-4,6,8,12,14,17-18,22-23,25,28,39H,5,7,9-10,13,15-16H2,1-2H3/t22-,23-,25-,28+,31-,32-,33-/m0/s1. The number of aliphatic hydroxyl groups is 1. The number of nitriles is 1. The van der Waals surface area contributed by atoms with E-state index in [0.717, 1.165) is 35.9 Å². The normalized spacial score (nSPS) is 33.7. The van der Waals surface area contributed by atoms with Crippen molar-refractivity contribution in [1.82, 2.24) is 14.8 Å². The summed E-state index contributed by atoms with van der Waals surface area (Å²) in [5.74, 6) is -1.24. The van der Waals surface area contributed by atoms with Crippen LogP contribution in [0.2, 0.25) is 0 Å². The summed E-state index contributed by atoms with van der Waals surface area (Å²) in [4.78, 5) is 31.0. The first-order valence-corrected chi connectivity index (χ1v) is 16.0. The summed E-state index contributed by atoms with van der Waals surface area (Å²) < 4.78 is 26.7. The summed E-state index contributed by atoms with van der Waals surface area (Å²) in [6, 6.07) is 8.09. The second-order valence-corrected chi connectivity index (χ2v) is 14.0. The number of aromatic nitrogens is 3. The molecule has 0 unspecified atom stereocenters. The molecule has 11 heteroatoms. The molecule has 0 saturated heterocycles. The fourth-order valence-corrected chi connectivity index (χ4v) is 10.0. The zero-order valence-electron chi connectivity index (χ0n) is 24.5. The minimum atomic E-state index is -1.49. The minimum absolute atomic E-state index is 0.0127. The van der Waals surface area contributed by atoms with E-state index in [1.54, 1.807) is 16.8 Å². The van der Waals surface area contributed by atoms with E-state index in [2.05, 4.69) is 23.1 Å². The highest BCUT2D eigenvalue weighted by Gasteiger charge is 2.70. The number of carbonyl (C=O) groups is 2. The van der Waals surface area contributed by atoms with Gasteiger partial charge in [0.05, 0.1) is 48.0 Å². The molecule has 3 saturated carbocycles. The van der Waals surface area contributed by atoms with Crippen LogP contribution in [-0.2, 0) is 16.0 Å². The molecule has 3 aromatic heterocycles. The van der Waals surface area contributed by atoms with Crippen molar-refractivity contribution in [3.63, 3.8) is 0 Å². The predicted octanol–water partition coefficient (Wildman–Crippen LogP) is 5.53. The van der Waals surface area contributed by atoms with Gasteiger partial charge in [-0.25, -0.2) is 14.5 Å². The molecule has 4 aliphatic rings. The highest BCUT2D eigenvalue weighted by Crippen LogP contribution is 2.69. The maximum absolute atomic E-state index is 13.9. The summed E-state index contributed by atoms with van der Waals surface area (Å²) in [6.45, 7) is 4.21. The van der Waals surface area contributed by atoms with Crippen LogP contribution in [0, 0.1) is 45.9 Å². The Kier molecular flexibility index (Phi) is 6.86. The summed E-state index contributed by atoms with van der Waals surface area (Å²) in [6.07, 6.45) is 9.76. The number of halogens is 1. The molecule has 228 valence electrons. The number of ether oxygens (including phenoxy) is 1. The van der Waals surface area contributed by atoms with Gasteiger partial charge in [-0.3, -0.25) is 4.79 Å². The fourth-order valence-electron chi connectivity index (χ4n) is 9.23. The van der Waals surface area contributed by atoms with E-state index in [1.807, 2.05) is 19.2 Å². The number of hydrogen-bond donors (Lipinski definition) is 1. The summed E-state index contributed by atoms with van der Waals surface area (Å²) in [5, 5.41) is 25.6. The number of pyridine rings is 1. The van der Waals surface area contributed by atoms with Gasteiger partial charge >= 0.3 is 5.97 Å². The van der Waals surface area contributed by atoms with Gasteiger partial charge in [-0.05, 0) is 97.6 Å². The molecule has 0 aliphatic heterocycles. The maximum Gasteiger partial charge on any atom is 0.375 e. The van der Waals surface area contributed by atoms with Crippen LogP contribution in [0.5, 0.6) is 0 Å². The van der Waals surface area contributed by atoms with Gasteiger partial charge in [0, 0.05) is 5.41 Å². The van der Waals surface area contributed by atoms with Crippen LogP contribution < -0.4 is 0 Å². The Morgan fingerprint density at radius 2 is 2.11 bits per heavy atom. The lowest BCUT2D eigenvalue weighted by Crippen LogP contribution is -2.62. The highest BCUT2D eigenvalue weighted by molar-refractivity contribution is 8.14. The lowest BCUT2D eigenvalue weighted by atomic mass is 9.45. The third kappa shape index (κ3) is 4.14. The first-order chi connectivity index (χ1) is 21.1. The van der Waals surface area contributed by atoms with Crippen molar-refractivity contribution in [3.05, 3.63) is 71.5 Å². The Hall–Kier alpha value is -3.75. The molecule has 0 amide bonds. The molecule has 7 rings (SSSR count). The van der Waals surface area contributed by atoms with Gasteiger partial charge in [-0.2, -0.15) is 14.8 Å². The molecule has 7 atom stereocenters. The smallest absolute Gasteiger partial charge is 0.375 e. The molecule has 0 aromatic carbocycles. The Bertz CT molecular complexity index is 1700. The molecule has 1 N–H and O–H groups in total. The van der Waals surface area contributed by atoms with Crippen molar-refractivity contribution in [1.29, 1.82) is 5.26 Å². The van der Waals surface area contributed by atoms with Crippen LogP contribution in [0.3, 0.4) is 0 Å². The Balaban J connectivity index is 1.23. The molecule has 3 heterocycles. The predicted molar refractivity (Wildman–Crippen MR) is 159 cm³/mol. The van der Waals surface area contributed by atoms with Crippen molar-refractivity contribution >= 4 is 28.9 Å². The van der Waals surface area contributed by atoms with Gasteiger partial charge in [0.2, 0.25) is 16.8 Å². The lowest BCUT2D eigenvalue weighted by Gasteiger charge is -2.60. The third-order valence-electron chi connectivity index (χ3n) is 11.1. The van der Waals surface area contributed by atoms with Crippen LogP contribution in [0.4, 0.5) is 4.39 Å². The van der Waals surface area contributed by atoms with Crippen molar-refractivity contribution in [2.45, 2.75) is 64.1 Å². The Morgan fingerprint density at radius 3 is 2.84 bits per heavy atom. The average molecular weight is 617 g/mol. The van der Waals surface area contributed by atoms with Crippen LogP contribution in [-0.4, -0.2) is 48.4 Å². The van der Waals surface area contributed by atoms with Gasteiger partial charge in [0.1, 0.15) is 0 Å². The fraction of sp³-hybridized carbons (Fsp3) is 0.485. The molecule has 3 aromatic rings. The second kappa shape index (κ2) is 10.4. The van der Waals surface area contributed by atoms with E-state index in [0.29, 0.717) is 31.4 Å². The number of rotatable bonds is 5. The van der Waals surface area contributed by atoms with Crippen molar-refractivity contribution in [2.75, 3.05) is 5.75 Å². The van der Waals surface area contributed by atoms with E-state index in [1.165, 1.54) is 30.2 Å².